The molecule has 2 rings (SSSR count). The van der Waals surface area contributed by atoms with Crippen molar-refractivity contribution in [3.8, 4) is 6.07 Å². The number of benzene rings is 1. The zero-order chi connectivity index (χ0) is 13.1. The van der Waals surface area contributed by atoms with Crippen molar-refractivity contribution in [3.63, 3.8) is 0 Å². The van der Waals surface area contributed by atoms with Gasteiger partial charge in [0.1, 0.15) is 5.00 Å². The molecule has 0 unspecified atom stereocenters. The highest BCUT2D eigenvalue weighted by atomic mass is 35.5. The molecule has 0 saturated heterocycles. The summed E-state index contributed by atoms with van der Waals surface area (Å²) in [6.07, 6.45) is 0. The number of halogens is 1. The van der Waals surface area contributed by atoms with E-state index in [4.69, 9.17) is 22.0 Å². The molecule has 5 nitrogen and oxygen atoms in total. The standard InChI is InChI=1S/C11H6ClN3O2S/c12-7-2-1-6(4-13)3-8(7)15-10-9(11(16)17)14-5-18-10/h1-3,5,15H,(H,16,17). The fourth-order valence-corrected chi connectivity index (χ4v) is 2.15. The second-order valence-electron chi connectivity index (χ2n) is 3.27. The molecule has 0 bridgehead atoms. The van der Waals surface area contributed by atoms with Crippen LogP contribution in [-0.4, -0.2) is 16.1 Å². The molecule has 1 aromatic carbocycles. The lowest BCUT2D eigenvalue weighted by Gasteiger charge is -2.06. The van der Waals surface area contributed by atoms with E-state index in [2.05, 4.69) is 10.3 Å². The number of nitrogens with zero attached hydrogens (tertiary/aromatic N) is 2. The van der Waals surface area contributed by atoms with Gasteiger partial charge in [0, 0.05) is 0 Å². The fraction of sp³-hybridized carbons (Fsp3) is 0. The Labute approximate surface area is 111 Å². The van der Waals surface area contributed by atoms with Crippen molar-refractivity contribution in [2.24, 2.45) is 0 Å². The fourth-order valence-electron chi connectivity index (χ4n) is 1.30. The van der Waals surface area contributed by atoms with Gasteiger partial charge in [-0.15, -0.1) is 11.3 Å². The Balaban J connectivity index is 2.37. The van der Waals surface area contributed by atoms with Crippen LogP contribution in [-0.2, 0) is 0 Å². The molecule has 0 saturated carbocycles. The molecule has 2 aromatic rings. The number of aromatic nitrogens is 1. The number of thiazole rings is 1. The molecule has 0 atom stereocenters. The zero-order valence-electron chi connectivity index (χ0n) is 8.85. The number of carbonyl (C=O) groups is 1. The number of nitriles is 1. The Morgan fingerprint density at radius 1 is 1.56 bits per heavy atom. The Morgan fingerprint density at radius 2 is 2.33 bits per heavy atom. The van der Waals surface area contributed by atoms with Crippen molar-refractivity contribution in [3.05, 3.63) is 40.0 Å². The van der Waals surface area contributed by atoms with E-state index in [1.165, 1.54) is 5.51 Å². The summed E-state index contributed by atoms with van der Waals surface area (Å²) in [5.41, 5.74) is 2.26. The van der Waals surface area contributed by atoms with Gasteiger partial charge in [0.2, 0.25) is 0 Å². The minimum Gasteiger partial charge on any atom is -0.476 e. The third-order valence-electron chi connectivity index (χ3n) is 2.11. The van der Waals surface area contributed by atoms with Crippen LogP contribution in [0.5, 0.6) is 0 Å². The molecule has 18 heavy (non-hydrogen) atoms. The van der Waals surface area contributed by atoms with E-state index in [1.54, 1.807) is 18.2 Å². The van der Waals surface area contributed by atoms with Crippen molar-refractivity contribution < 1.29 is 9.90 Å². The van der Waals surface area contributed by atoms with Gasteiger partial charge in [-0.1, -0.05) is 11.6 Å². The van der Waals surface area contributed by atoms with Crippen LogP contribution in [0.1, 0.15) is 16.1 Å². The summed E-state index contributed by atoms with van der Waals surface area (Å²) >= 11 is 7.12. The van der Waals surface area contributed by atoms with Crippen LogP contribution in [0.4, 0.5) is 10.7 Å². The Hall–Kier alpha value is -2.10. The minimum atomic E-state index is -1.12. The van der Waals surface area contributed by atoms with Gasteiger partial charge >= 0.3 is 5.97 Å². The van der Waals surface area contributed by atoms with Gasteiger partial charge in [-0.3, -0.25) is 0 Å². The van der Waals surface area contributed by atoms with E-state index >= 15 is 0 Å². The Kier molecular flexibility index (Phi) is 3.46. The summed E-state index contributed by atoms with van der Waals surface area (Å²) in [6.45, 7) is 0. The summed E-state index contributed by atoms with van der Waals surface area (Å²) in [7, 11) is 0. The lowest BCUT2D eigenvalue weighted by molar-refractivity contribution is 0.0692. The van der Waals surface area contributed by atoms with Gasteiger partial charge in [0.15, 0.2) is 5.69 Å². The van der Waals surface area contributed by atoms with Crippen LogP contribution in [0.25, 0.3) is 0 Å². The van der Waals surface area contributed by atoms with Gasteiger partial charge < -0.3 is 10.4 Å². The van der Waals surface area contributed by atoms with Gasteiger partial charge in [-0.25, -0.2) is 9.78 Å². The number of rotatable bonds is 3. The predicted octanol–water partition coefficient (Wildman–Crippen LogP) is 3.11. The van der Waals surface area contributed by atoms with Crippen molar-refractivity contribution in [1.29, 1.82) is 5.26 Å². The molecule has 0 spiro atoms. The molecule has 1 aromatic heterocycles. The van der Waals surface area contributed by atoms with Gasteiger partial charge in [-0.2, -0.15) is 5.26 Å². The van der Waals surface area contributed by atoms with Crippen LogP contribution in [0.3, 0.4) is 0 Å². The molecule has 0 fully saturated rings. The van der Waals surface area contributed by atoms with Crippen molar-refractivity contribution in [2.75, 3.05) is 5.32 Å². The quantitative estimate of drug-likeness (QED) is 0.901. The number of nitrogens with one attached hydrogen (secondary N) is 1. The molecule has 90 valence electrons. The largest absolute Gasteiger partial charge is 0.476 e. The minimum absolute atomic E-state index is 0.0709. The first-order valence-corrected chi connectivity index (χ1v) is 6.01. The van der Waals surface area contributed by atoms with Crippen molar-refractivity contribution in [1.82, 2.24) is 4.98 Å². The number of hydrogen-bond donors (Lipinski definition) is 2. The highest BCUT2D eigenvalue weighted by Gasteiger charge is 2.14. The molecule has 2 N–H and O–H groups in total. The molecule has 0 amide bonds. The van der Waals surface area contributed by atoms with E-state index in [1.807, 2.05) is 6.07 Å². The third-order valence-corrected chi connectivity index (χ3v) is 3.19. The normalized spacial score (nSPS) is 9.78. The highest BCUT2D eigenvalue weighted by molar-refractivity contribution is 7.14. The number of anilines is 2. The molecule has 0 aliphatic carbocycles. The summed E-state index contributed by atoms with van der Waals surface area (Å²) in [4.78, 5) is 14.6. The monoisotopic (exact) mass is 279 g/mol. The number of hydrogen-bond acceptors (Lipinski definition) is 5. The number of aromatic carboxylic acids is 1. The highest BCUT2D eigenvalue weighted by Crippen LogP contribution is 2.30. The van der Waals surface area contributed by atoms with E-state index in [0.29, 0.717) is 21.3 Å². The lowest BCUT2D eigenvalue weighted by atomic mass is 10.2. The summed E-state index contributed by atoms with van der Waals surface area (Å²) in [5.74, 6) is -1.12. The first kappa shape index (κ1) is 12.4. The van der Waals surface area contributed by atoms with Gasteiger partial charge in [-0.05, 0) is 18.2 Å². The van der Waals surface area contributed by atoms with Crippen LogP contribution in [0, 0.1) is 11.3 Å². The molecule has 0 radical (unpaired) electrons. The van der Waals surface area contributed by atoms with Crippen LogP contribution in [0.15, 0.2) is 23.7 Å². The maximum atomic E-state index is 10.9. The molecule has 0 aliphatic rings. The summed E-state index contributed by atoms with van der Waals surface area (Å²) in [5, 5.41) is 21.4. The second kappa shape index (κ2) is 5.04. The average Bonchev–Trinajstić information content (AvgIpc) is 2.80. The predicted molar refractivity (Wildman–Crippen MR) is 68.5 cm³/mol. The Bertz CT molecular complexity index is 648. The average molecular weight is 280 g/mol. The van der Waals surface area contributed by atoms with Crippen LogP contribution < -0.4 is 5.32 Å². The lowest BCUT2D eigenvalue weighted by Crippen LogP contribution is -2.01. The van der Waals surface area contributed by atoms with Crippen molar-refractivity contribution in [2.45, 2.75) is 0 Å². The van der Waals surface area contributed by atoms with E-state index in [0.717, 1.165) is 11.3 Å². The van der Waals surface area contributed by atoms with Gasteiger partial charge in [0.25, 0.3) is 0 Å². The first-order valence-electron chi connectivity index (χ1n) is 4.75. The maximum Gasteiger partial charge on any atom is 0.357 e. The Morgan fingerprint density at radius 3 is 3.00 bits per heavy atom. The molecular formula is C11H6ClN3O2S. The topological polar surface area (TPSA) is 86.0 Å². The maximum absolute atomic E-state index is 10.9. The van der Waals surface area contributed by atoms with Crippen LogP contribution >= 0.6 is 22.9 Å². The molecular weight excluding hydrogens is 274 g/mol. The SMILES string of the molecule is N#Cc1ccc(Cl)c(Nc2scnc2C(=O)O)c1. The summed E-state index contributed by atoms with van der Waals surface area (Å²) in [6, 6.07) is 6.69. The van der Waals surface area contributed by atoms with Crippen LogP contribution in [0.2, 0.25) is 5.02 Å². The van der Waals surface area contributed by atoms with E-state index in [-0.39, 0.29) is 5.69 Å². The zero-order valence-corrected chi connectivity index (χ0v) is 10.4. The van der Waals surface area contributed by atoms with Crippen molar-refractivity contribution >= 4 is 39.6 Å². The molecule has 1 heterocycles. The number of carboxylic acid groups (broad SMARTS) is 1. The molecule has 0 aliphatic heterocycles. The van der Waals surface area contributed by atoms with E-state index in [9.17, 15) is 4.79 Å². The smallest absolute Gasteiger partial charge is 0.357 e. The number of carboxylic acids is 1. The summed E-state index contributed by atoms with van der Waals surface area (Å²) < 4.78 is 0. The molecule has 7 heteroatoms. The first-order chi connectivity index (χ1) is 8.61. The van der Waals surface area contributed by atoms with Gasteiger partial charge in [0.05, 0.1) is 27.9 Å². The van der Waals surface area contributed by atoms with E-state index < -0.39 is 5.97 Å². The second-order valence-corrected chi connectivity index (χ2v) is 4.53. The third kappa shape index (κ3) is 2.42.